The second-order valence-electron chi connectivity index (χ2n) is 6.43. The molecule has 1 atom stereocenters. The maximum Gasteiger partial charge on any atom is 0.237 e. The third-order valence-corrected chi connectivity index (χ3v) is 5.86. The second-order valence-corrected chi connectivity index (χ2v) is 7.43. The Morgan fingerprint density at radius 2 is 2.39 bits per heavy atom. The fourth-order valence-corrected chi connectivity index (χ4v) is 4.50. The number of rotatable bonds is 3. The van der Waals surface area contributed by atoms with Crippen LogP contribution in [0.1, 0.15) is 40.8 Å². The van der Waals surface area contributed by atoms with Gasteiger partial charge < -0.3 is 9.42 Å². The molecule has 5 nitrogen and oxygen atoms in total. The Morgan fingerprint density at radius 3 is 3.22 bits per heavy atom. The first-order valence-electron chi connectivity index (χ1n) is 8.21. The van der Waals surface area contributed by atoms with E-state index in [9.17, 15) is 4.79 Å². The molecule has 2 aromatic heterocycles. The van der Waals surface area contributed by atoms with E-state index in [2.05, 4.69) is 21.5 Å². The predicted molar refractivity (Wildman–Crippen MR) is 88.2 cm³/mol. The van der Waals surface area contributed by atoms with Crippen LogP contribution in [0.2, 0.25) is 0 Å². The molecule has 0 spiro atoms. The second kappa shape index (κ2) is 6.09. The van der Waals surface area contributed by atoms with Crippen LogP contribution in [0.3, 0.4) is 0 Å². The molecule has 0 N–H and O–H groups in total. The molecule has 2 aliphatic rings. The summed E-state index contributed by atoms with van der Waals surface area (Å²) in [6.07, 6.45) is 3.13. The molecule has 4 rings (SSSR count). The summed E-state index contributed by atoms with van der Waals surface area (Å²) in [6.45, 7) is 4.96. The van der Waals surface area contributed by atoms with E-state index in [4.69, 9.17) is 4.52 Å². The third-order valence-electron chi connectivity index (χ3n) is 4.84. The van der Waals surface area contributed by atoms with E-state index in [1.165, 1.54) is 10.4 Å². The van der Waals surface area contributed by atoms with Gasteiger partial charge in [-0.1, -0.05) is 5.16 Å². The number of aryl methyl sites for hydroxylation is 1. The predicted octanol–water partition coefficient (Wildman–Crippen LogP) is 2.77. The lowest BCUT2D eigenvalue weighted by Crippen LogP contribution is -2.42. The lowest BCUT2D eigenvalue weighted by molar-refractivity contribution is -0.133. The average molecular weight is 331 g/mol. The summed E-state index contributed by atoms with van der Waals surface area (Å²) in [5, 5.41) is 6.11. The Kier molecular flexibility index (Phi) is 3.95. The number of aromatic nitrogens is 1. The van der Waals surface area contributed by atoms with Crippen molar-refractivity contribution in [1.82, 2.24) is 15.0 Å². The molecule has 4 heterocycles. The van der Waals surface area contributed by atoms with Gasteiger partial charge in [-0.3, -0.25) is 9.69 Å². The van der Waals surface area contributed by atoms with Gasteiger partial charge in [-0.15, -0.1) is 11.3 Å². The number of likely N-dealkylation sites (tertiary alicyclic amines) is 1. The van der Waals surface area contributed by atoms with Gasteiger partial charge in [0.25, 0.3) is 0 Å². The summed E-state index contributed by atoms with van der Waals surface area (Å²) in [6, 6.07) is 4.34. The Morgan fingerprint density at radius 1 is 1.48 bits per heavy atom. The van der Waals surface area contributed by atoms with Crippen molar-refractivity contribution < 1.29 is 9.32 Å². The molecule has 1 amide bonds. The first-order valence-corrected chi connectivity index (χ1v) is 9.09. The molecule has 1 saturated heterocycles. The van der Waals surface area contributed by atoms with Gasteiger partial charge in [0.05, 0.1) is 18.3 Å². The summed E-state index contributed by atoms with van der Waals surface area (Å²) >= 11 is 1.80. The topological polar surface area (TPSA) is 49.6 Å². The summed E-state index contributed by atoms with van der Waals surface area (Å²) in [7, 11) is 0. The molecule has 0 aromatic carbocycles. The highest BCUT2D eigenvalue weighted by atomic mass is 32.1. The van der Waals surface area contributed by atoms with Crippen LogP contribution in [0.15, 0.2) is 22.0 Å². The molecular weight excluding hydrogens is 310 g/mol. The zero-order valence-corrected chi connectivity index (χ0v) is 14.1. The highest BCUT2D eigenvalue weighted by molar-refractivity contribution is 7.10. The lowest BCUT2D eigenvalue weighted by Gasteiger charge is -2.30. The first-order chi connectivity index (χ1) is 11.2. The number of amides is 1. The number of carbonyl (C=O) groups is 1. The van der Waals surface area contributed by atoms with Crippen molar-refractivity contribution in [2.45, 2.75) is 38.8 Å². The number of hydrogen-bond donors (Lipinski definition) is 0. The Hall–Kier alpha value is -1.66. The summed E-state index contributed by atoms with van der Waals surface area (Å²) in [5.41, 5.74) is 2.22. The van der Waals surface area contributed by atoms with Crippen LogP contribution in [-0.4, -0.2) is 40.5 Å². The molecule has 6 heteroatoms. The molecule has 0 radical (unpaired) electrons. The van der Waals surface area contributed by atoms with Gasteiger partial charge in [0.2, 0.25) is 5.91 Å². The molecule has 0 saturated carbocycles. The molecule has 1 unspecified atom stereocenters. The van der Waals surface area contributed by atoms with Gasteiger partial charge in [-0.2, -0.15) is 0 Å². The molecular formula is C17H21N3O2S. The largest absolute Gasteiger partial charge is 0.359 e. The quantitative estimate of drug-likeness (QED) is 0.868. The van der Waals surface area contributed by atoms with Gasteiger partial charge >= 0.3 is 0 Å². The highest BCUT2D eigenvalue weighted by Gasteiger charge is 2.32. The minimum atomic E-state index is 0.196. The van der Waals surface area contributed by atoms with E-state index >= 15 is 0 Å². The van der Waals surface area contributed by atoms with Gasteiger partial charge in [0.15, 0.2) is 5.76 Å². The number of thiophene rings is 1. The third kappa shape index (κ3) is 2.93. The van der Waals surface area contributed by atoms with Crippen LogP contribution in [0, 0.1) is 6.92 Å². The van der Waals surface area contributed by atoms with Crippen LogP contribution in [-0.2, 0) is 17.8 Å². The number of carbonyl (C=O) groups excluding carboxylic acids is 1. The monoisotopic (exact) mass is 331 g/mol. The van der Waals surface area contributed by atoms with Gasteiger partial charge in [-0.25, -0.2) is 0 Å². The van der Waals surface area contributed by atoms with Crippen LogP contribution in [0.4, 0.5) is 0 Å². The average Bonchev–Trinajstić information content (AvgIpc) is 3.26. The smallest absolute Gasteiger partial charge is 0.237 e. The van der Waals surface area contributed by atoms with Gasteiger partial charge in [0.1, 0.15) is 0 Å². The van der Waals surface area contributed by atoms with E-state index in [0.717, 1.165) is 50.4 Å². The van der Waals surface area contributed by atoms with Crippen LogP contribution in [0.5, 0.6) is 0 Å². The van der Waals surface area contributed by atoms with Crippen molar-refractivity contribution in [2.75, 3.05) is 19.6 Å². The van der Waals surface area contributed by atoms with Crippen molar-refractivity contribution in [1.29, 1.82) is 0 Å². The van der Waals surface area contributed by atoms with E-state index in [1.807, 2.05) is 17.9 Å². The number of fused-ring (bicyclic) bond motifs is 1. The molecule has 2 aromatic rings. The zero-order valence-electron chi connectivity index (χ0n) is 13.3. The Bertz CT molecular complexity index is 708. The van der Waals surface area contributed by atoms with Gasteiger partial charge in [0, 0.05) is 24.0 Å². The maximum atomic E-state index is 12.7. The summed E-state index contributed by atoms with van der Waals surface area (Å²) in [5.74, 6) is 1.12. The molecule has 0 bridgehead atoms. The SMILES string of the molecule is Cc1cc(C2CCCN2CC(=O)N2CCc3sccc3C2)on1. The molecule has 1 fully saturated rings. The molecule has 122 valence electrons. The van der Waals surface area contributed by atoms with Gasteiger partial charge in [-0.05, 0) is 49.7 Å². The minimum absolute atomic E-state index is 0.196. The van der Waals surface area contributed by atoms with E-state index in [0.29, 0.717) is 6.54 Å². The van der Waals surface area contributed by atoms with Crippen molar-refractivity contribution in [3.05, 3.63) is 39.4 Å². The van der Waals surface area contributed by atoms with E-state index in [1.54, 1.807) is 11.3 Å². The molecule has 0 aliphatic carbocycles. The van der Waals surface area contributed by atoms with E-state index in [-0.39, 0.29) is 11.9 Å². The Balaban J connectivity index is 1.42. The normalized spacial score (nSPS) is 21.6. The van der Waals surface area contributed by atoms with Crippen LogP contribution in [0.25, 0.3) is 0 Å². The maximum absolute atomic E-state index is 12.7. The van der Waals surface area contributed by atoms with E-state index < -0.39 is 0 Å². The molecule has 23 heavy (non-hydrogen) atoms. The zero-order chi connectivity index (χ0) is 15.8. The molecule has 2 aliphatic heterocycles. The fourth-order valence-electron chi connectivity index (χ4n) is 3.61. The number of hydrogen-bond acceptors (Lipinski definition) is 5. The highest BCUT2D eigenvalue weighted by Crippen LogP contribution is 2.32. The summed E-state index contributed by atoms with van der Waals surface area (Å²) < 4.78 is 5.43. The summed E-state index contributed by atoms with van der Waals surface area (Å²) in [4.78, 5) is 18.4. The minimum Gasteiger partial charge on any atom is -0.359 e. The first kappa shape index (κ1) is 14.9. The lowest BCUT2D eigenvalue weighted by atomic mass is 10.1. The van der Waals surface area contributed by atoms with Crippen LogP contribution >= 0.6 is 11.3 Å². The van der Waals surface area contributed by atoms with Crippen LogP contribution < -0.4 is 0 Å². The van der Waals surface area contributed by atoms with Crippen molar-refractivity contribution in [2.24, 2.45) is 0 Å². The standard InChI is InChI=1S/C17H21N3O2S/c1-12-9-15(22-18-12)14-3-2-6-19(14)11-17(21)20-7-4-16-13(10-20)5-8-23-16/h5,8-9,14H,2-4,6-7,10-11H2,1H3. The van der Waals surface area contributed by atoms with Crippen molar-refractivity contribution >= 4 is 17.2 Å². The van der Waals surface area contributed by atoms with Crippen molar-refractivity contribution in [3.8, 4) is 0 Å². The van der Waals surface area contributed by atoms with Crippen molar-refractivity contribution in [3.63, 3.8) is 0 Å². The Labute approximate surface area is 139 Å². The number of nitrogens with zero attached hydrogens (tertiary/aromatic N) is 3. The fraction of sp³-hybridized carbons (Fsp3) is 0.529.